The standard InChI is InChI=1S/C27H27N7O4S/c1-18(35)32-13-15-33(16-14-32)23-11-10-20-24(36)25(39(37,38)29-17-19-7-5-6-12-28-19)27-31(2)21-8-3-4-9-22(21)34(27)26(20)30-23/h3-12,29H,13-17H2,1-2H3. The van der Waals surface area contributed by atoms with Gasteiger partial charge in [0, 0.05) is 46.3 Å². The quantitative estimate of drug-likeness (QED) is 0.358. The molecule has 6 rings (SSSR count). The van der Waals surface area contributed by atoms with Crippen molar-refractivity contribution in [2.75, 3.05) is 31.1 Å². The van der Waals surface area contributed by atoms with Gasteiger partial charge in [-0.3, -0.25) is 19.0 Å². The Hall–Kier alpha value is -4.29. The third-order valence-electron chi connectivity index (χ3n) is 7.23. The zero-order valence-corrected chi connectivity index (χ0v) is 22.4. The molecule has 1 aliphatic heterocycles. The van der Waals surface area contributed by atoms with Gasteiger partial charge in [0.1, 0.15) is 11.5 Å². The number of sulfonamides is 1. The largest absolute Gasteiger partial charge is 0.353 e. The summed E-state index contributed by atoms with van der Waals surface area (Å²) in [5.41, 5.74) is 2.01. The molecule has 1 aromatic carbocycles. The van der Waals surface area contributed by atoms with E-state index in [9.17, 15) is 18.0 Å². The molecular weight excluding hydrogens is 518 g/mol. The summed E-state index contributed by atoms with van der Waals surface area (Å²) in [6.07, 6.45) is 1.58. The van der Waals surface area contributed by atoms with E-state index < -0.39 is 15.5 Å². The molecule has 0 radical (unpaired) electrons. The zero-order valence-electron chi connectivity index (χ0n) is 21.5. The van der Waals surface area contributed by atoms with Crippen molar-refractivity contribution in [3.8, 4) is 0 Å². The fourth-order valence-electron chi connectivity index (χ4n) is 5.21. The van der Waals surface area contributed by atoms with Crippen LogP contribution in [0.1, 0.15) is 12.6 Å². The molecule has 11 nitrogen and oxygen atoms in total. The van der Waals surface area contributed by atoms with Crippen molar-refractivity contribution in [1.82, 2.24) is 28.6 Å². The maximum atomic E-state index is 13.9. The fourth-order valence-corrected chi connectivity index (χ4v) is 6.51. The molecule has 4 aromatic heterocycles. The van der Waals surface area contributed by atoms with Crippen molar-refractivity contribution < 1.29 is 13.2 Å². The van der Waals surface area contributed by atoms with E-state index in [1.165, 1.54) is 0 Å². The van der Waals surface area contributed by atoms with E-state index in [1.807, 2.05) is 24.3 Å². The third-order valence-corrected chi connectivity index (χ3v) is 8.66. The number of imidazole rings is 1. The highest BCUT2D eigenvalue weighted by Crippen LogP contribution is 2.28. The number of hydrogen-bond acceptors (Lipinski definition) is 7. The van der Waals surface area contributed by atoms with Crippen LogP contribution in [0.4, 0.5) is 5.82 Å². The van der Waals surface area contributed by atoms with Gasteiger partial charge < -0.3 is 14.4 Å². The number of aromatic nitrogens is 4. The van der Waals surface area contributed by atoms with E-state index in [-0.39, 0.29) is 28.4 Å². The topological polar surface area (TPSA) is 122 Å². The molecule has 0 saturated carbocycles. The number of amides is 1. The van der Waals surface area contributed by atoms with Gasteiger partial charge in [0.15, 0.2) is 10.5 Å². The maximum Gasteiger partial charge on any atom is 0.248 e. The summed E-state index contributed by atoms with van der Waals surface area (Å²) in [7, 11) is -2.50. The molecule has 1 N–H and O–H groups in total. The summed E-state index contributed by atoms with van der Waals surface area (Å²) in [5, 5.41) is 0.202. The van der Waals surface area contributed by atoms with Gasteiger partial charge in [-0.1, -0.05) is 18.2 Å². The van der Waals surface area contributed by atoms with Crippen LogP contribution >= 0.6 is 0 Å². The number of nitrogens with zero attached hydrogens (tertiary/aromatic N) is 6. The van der Waals surface area contributed by atoms with Crippen LogP contribution in [0.2, 0.25) is 0 Å². The lowest BCUT2D eigenvalue weighted by Crippen LogP contribution is -2.48. The molecule has 0 spiro atoms. The predicted octanol–water partition coefficient (Wildman–Crippen LogP) is 1.88. The average Bonchev–Trinajstić information content (AvgIpc) is 3.24. The minimum absolute atomic E-state index is 0.0375. The lowest BCUT2D eigenvalue weighted by molar-refractivity contribution is -0.129. The molecule has 1 fully saturated rings. The second kappa shape index (κ2) is 9.47. The van der Waals surface area contributed by atoms with E-state index in [0.29, 0.717) is 43.3 Å². The molecule has 5 aromatic rings. The summed E-state index contributed by atoms with van der Waals surface area (Å²) < 4.78 is 33.4. The lowest BCUT2D eigenvalue weighted by Gasteiger charge is -2.35. The third kappa shape index (κ3) is 4.21. The first-order chi connectivity index (χ1) is 18.8. The van der Waals surface area contributed by atoms with Crippen molar-refractivity contribution in [3.63, 3.8) is 0 Å². The van der Waals surface area contributed by atoms with Crippen LogP contribution in [0.5, 0.6) is 0 Å². The van der Waals surface area contributed by atoms with Crippen LogP contribution in [0, 0.1) is 0 Å². The summed E-state index contributed by atoms with van der Waals surface area (Å²) >= 11 is 0. The molecule has 5 heterocycles. The van der Waals surface area contributed by atoms with Gasteiger partial charge in [0.05, 0.1) is 28.7 Å². The smallest absolute Gasteiger partial charge is 0.248 e. The van der Waals surface area contributed by atoms with E-state index in [1.54, 1.807) is 64.4 Å². The number of pyridine rings is 3. The van der Waals surface area contributed by atoms with Crippen LogP contribution < -0.4 is 15.1 Å². The van der Waals surface area contributed by atoms with Crippen LogP contribution in [-0.4, -0.2) is 64.3 Å². The highest BCUT2D eigenvalue weighted by atomic mass is 32.2. The number of nitrogens with one attached hydrogen (secondary N) is 1. The lowest BCUT2D eigenvalue weighted by atomic mass is 10.2. The minimum Gasteiger partial charge on any atom is -0.353 e. The molecule has 0 aliphatic carbocycles. The number of fused-ring (bicyclic) bond motifs is 5. The SMILES string of the molecule is CC(=O)N1CCN(c2ccc3c(=O)c(S(=O)(=O)NCc4ccccn4)c4n(C)c5ccccc5n4c3n2)CC1. The summed E-state index contributed by atoms with van der Waals surface area (Å²) in [4.78, 5) is 38.2. The summed E-state index contributed by atoms with van der Waals surface area (Å²) in [6.45, 7) is 3.88. The van der Waals surface area contributed by atoms with Gasteiger partial charge >= 0.3 is 0 Å². The Morgan fingerprint density at radius 1 is 0.974 bits per heavy atom. The highest BCUT2D eigenvalue weighted by molar-refractivity contribution is 7.89. The molecule has 200 valence electrons. The number of benzene rings is 1. The normalized spacial score (nSPS) is 14.5. The number of piperazine rings is 1. The summed E-state index contributed by atoms with van der Waals surface area (Å²) in [6, 6.07) is 16.1. The molecule has 1 aliphatic rings. The molecule has 1 amide bonds. The monoisotopic (exact) mass is 545 g/mol. The van der Waals surface area contributed by atoms with Crippen LogP contribution in [0.3, 0.4) is 0 Å². The second-order valence-electron chi connectivity index (χ2n) is 9.54. The Balaban J connectivity index is 1.55. The minimum atomic E-state index is -4.24. The zero-order chi connectivity index (χ0) is 27.3. The molecule has 0 atom stereocenters. The van der Waals surface area contributed by atoms with Crippen molar-refractivity contribution in [2.24, 2.45) is 7.05 Å². The first-order valence-electron chi connectivity index (χ1n) is 12.6. The van der Waals surface area contributed by atoms with Crippen molar-refractivity contribution in [1.29, 1.82) is 0 Å². The second-order valence-corrected chi connectivity index (χ2v) is 11.2. The highest BCUT2D eigenvalue weighted by Gasteiger charge is 2.29. The van der Waals surface area contributed by atoms with Gasteiger partial charge in [-0.2, -0.15) is 0 Å². The first kappa shape index (κ1) is 25.0. The van der Waals surface area contributed by atoms with Gasteiger partial charge in [-0.25, -0.2) is 18.1 Å². The van der Waals surface area contributed by atoms with Gasteiger partial charge in [0.2, 0.25) is 21.4 Å². The first-order valence-corrected chi connectivity index (χ1v) is 14.1. The van der Waals surface area contributed by atoms with Crippen LogP contribution in [0.15, 0.2) is 70.5 Å². The number of carbonyl (C=O) groups excluding carboxylic acids is 1. The van der Waals surface area contributed by atoms with Crippen molar-refractivity contribution in [3.05, 3.63) is 76.7 Å². The van der Waals surface area contributed by atoms with E-state index in [2.05, 4.69) is 14.6 Å². The molecule has 0 bridgehead atoms. The van der Waals surface area contributed by atoms with E-state index in [4.69, 9.17) is 4.98 Å². The number of carbonyl (C=O) groups is 1. The number of anilines is 1. The Morgan fingerprint density at radius 2 is 1.69 bits per heavy atom. The predicted molar refractivity (Wildman–Crippen MR) is 148 cm³/mol. The Kier molecular flexibility index (Phi) is 6.07. The van der Waals surface area contributed by atoms with Gasteiger partial charge in [0.25, 0.3) is 0 Å². The summed E-state index contributed by atoms with van der Waals surface area (Å²) in [5.74, 6) is 0.700. The Labute approximate surface area is 224 Å². The Morgan fingerprint density at radius 3 is 2.38 bits per heavy atom. The number of hydrogen-bond donors (Lipinski definition) is 1. The Bertz CT molecular complexity index is 1910. The number of aryl methyl sites for hydroxylation is 1. The van der Waals surface area contributed by atoms with Crippen LogP contribution in [-0.2, 0) is 28.4 Å². The fraction of sp³-hybridized carbons (Fsp3) is 0.259. The van der Waals surface area contributed by atoms with Crippen molar-refractivity contribution >= 4 is 49.5 Å². The van der Waals surface area contributed by atoms with Crippen molar-refractivity contribution in [2.45, 2.75) is 18.4 Å². The average molecular weight is 546 g/mol. The molecule has 12 heteroatoms. The molecule has 1 saturated heterocycles. The van der Waals surface area contributed by atoms with Gasteiger partial charge in [-0.15, -0.1) is 0 Å². The van der Waals surface area contributed by atoms with E-state index in [0.717, 1.165) is 11.0 Å². The molecular formula is C27H27N7O4S. The van der Waals surface area contributed by atoms with E-state index >= 15 is 0 Å². The van der Waals surface area contributed by atoms with Gasteiger partial charge in [-0.05, 0) is 36.4 Å². The molecule has 0 unspecified atom stereocenters. The van der Waals surface area contributed by atoms with Crippen LogP contribution in [0.25, 0.3) is 27.7 Å². The number of para-hydroxylation sites is 2. The maximum absolute atomic E-state index is 13.9. The molecule has 39 heavy (non-hydrogen) atoms. The number of rotatable bonds is 5.